The summed E-state index contributed by atoms with van der Waals surface area (Å²) in [5.41, 5.74) is -2.76. The van der Waals surface area contributed by atoms with E-state index in [0.717, 1.165) is 0 Å². The number of halogens is 3. The number of cyclic esters (lactones) is 1. The van der Waals surface area contributed by atoms with Crippen molar-refractivity contribution in [2.45, 2.75) is 10.4 Å². The Balaban J connectivity index is 1.69. The molecule has 4 nitrogen and oxygen atoms in total. The van der Waals surface area contributed by atoms with E-state index in [-0.39, 0.29) is 22.4 Å². The fourth-order valence-electron chi connectivity index (χ4n) is 2.50. The molecule has 2 aromatic carbocycles. The van der Waals surface area contributed by atoms with Gasteiger partial charge in [0.1, 0.15) is 6.61 Å². The summed E-state index contributed by atoms with van der Waals surface area (Å²) in [4.78, 5) is 25.5. The third-order valence-electron chi connectivity index (χ3n) is 3.74. The number of allylic oxidation sites excluding steroid dienone is 1. The second-order valence-corrected chi connectivity index (χ2v) is 6.77. The van der Waals surface area contributed by atoms with Gasteiger partial charge < -0.3 is 4.74 Å². The van der Waals surface area contributed by atoms with Crippen molar-refractivity contribution in [1.29, 1.82) is 0 Å². The summed E-state index contributed by atoms with van der Waals surface area (Å²) in [7, 11) is 0. The van der Waals surface area contributed by atoms with E-state index in [1.165, 1.54) is 41.3 Å². The fraction of sp³-hybridized carbons (Fsp3) is 0.158. The summed E-state index contributed by atoms with van der Waals surface area (Å²) in [5.74, 6) is -0.279. The second kappa shape index (κ2) is 7.87. The lowest BCUT2D eigenvalue weighted by atomic mass is 10.1. The molecule has 0 radical (unpaired) electrons. The maximum Gasteiger partial charge on any atom is 0.446 e. The van der Waals surface area contributed by atoms with Crippen LogP contribution in [0.2, 0.25) is 0 Å². The van der Waals surface area contributed by atoms with E-state index >= 15 is 0 Å². The Hall–Kier alpha value is -2.74. The van der Waals surface area contributed by atoms with E-state index in [9.17, 15) is 22.8 Å². The van der Waals surface area contributed by atoms with E-state index in [0.29, 0.717) is 30.0 Å². The number of hydrogen-bond donors (Lipinski definition) is 0. The summed E-state index contributed by atoms with van der Waals surface area (Å²) in [6.07, 6.45) is 2.42. The largest absolute Gasteiger partial charge is 0.447 e. The molecular formula is C19H14F3NO3S. The number of ether oxygens (including phenoxy) is 1. The average Bonchev–Trinajstić information content (AvgIpc) is 3.06. The quantitative estimate of drug-likeness (QED) is 0.400. The Morgan fingerprint density at radius 1 is 1.15 bits per heavy atom. The maximum atomic E-state index is 12.3. The molecule has 27 heavy (non-hydrogen) atoms. The third-order valence-corrected chi connectivity index (χ3v) is 4.48. The third kappa shape index (κ3) is 5.13. The number of amides is 1. The summed E-state index contributed by atoms with van der Waals surface area (Å²) < 4.78 is 41.9. The first-order valence-corrected chi connectivity index (χ1v) is 8.76. The van der Waals surface area contributed by atoms with Crippen LogP contribution in [0.15, 0.2) is 59.5 Å². The minimum atomic E-state index is -4.33. The number of nitrogens with zero attached hydrogens (tertiary/aromatic N) is 1. The van der Waals surface area contributed by atoms with Gasteiger partial charge in [0.2, 0.25) is 0 Å². The summed E-state index contributed by atoms with van der Waals surface area (Å²) in [6.45, 7) is 0.730. The van der Waals surface area contributed by atoms with Crippen LogP contribution in [0.1, 0.15) is 15.9 Å². The predicted octanol–water partition coefficient (Wildman–Crippen LogP) is 5.15. The van der Waals surface area contributed by atoms with Crippen LogP contribution in [0.25, 0.3) is 6.08 Å². The second-order valence-electron chi connectivity index (χ2n) is 5.63. The van der Waals surface area contributed by atoms with Crippen molar-refractivity contribution < 1.29 is 27.5 Å². The Morgan fingerprint density at radius 3 is 2.52 bits per heavy atom. The Morgan fingerprint density at radius 2 is 1.89 bits per heavy atom. The van der Waals surface area contributed by atoms with Gasteiger partial charge in [-0.25, -0.2) is 4.79 Å². The van der Waals surface area contributed by atoms with Gasteiger partial charge in [0.05, 0.1) is 6.54 Å². The van der Waals surface area contributed by atoms with Crippen LogP contribution in [0.3, 0.4) is 0 Å². The van der Waals surface area contributed by atoms with Gasteiger partial charge in [-0.3, -0.25) is 9.69 Å². The van der Waals surface area contributed by atoms with Crippen LogP contribution < -0.4 is 4.90 Å². The zero-order valence-corrected chi connectivity index (χ0v) is 14.7. The molecule has 1 heterocycles. The molecule has 0 unspecified atom stereocenters. The van der Waals surface area contributed by atoms with Gasteiger partial charge in [-0.15, -0.1) is 0 Å². The predicted molar refractivity (Wildman–Crippen MR) is 96.9 cm³/mol. The molecule has 3 rings (SSSR count). The van der Waals surface area contributed by atoms with Crippen LogP contribution in [0.4, 0.5) is 23.7 Å². The van der Waals surface area contributed by atoms with Gasteiger partial charge in [-0.1, -0.05) is 30.3 Å². The topological polar surface area (TPSA) is 46.6 Å². The van der Waals surface area contributed by atoms with Crippen molar-refractivity contribution in [3.8, 4) is 0 Å². The summed E-state index contributed by atoms with van der Waals surface area (Å²) in [5, 5.41) is 0. The number of carbonyl (C=O) groups is 2. The molecule has 0 aromatic heterocycles. The highest BCUT2D eigenvalue weighted by Gasteiger charge is 2.29. The van der Waals surface area contributed by atoms with Crippen LogP contribution in [-0.4, -0.2) is 30.5 Å². The number of thioether (sulfide) groups is 1. The van der Waals surface area contributed by atoms with E-state index in [2.05, 4.69) is 0 Å². The van der Waals surface area contributed by atoms with Gasteiger partial charge >= 0.3 is 11.6 Å². The lowest BCUT2D eigenvalue weighted by Crippen LogP contribution is -2.23. The van der Waals surface area contributed by atoms with Crippen molar-refractivity contribution in [3.63, 3.8) is 0 Å². The number of ketones is 1. The molecule has 1 aliphatic heterocycles. The highest BCUT2D eigenvalue weighted by molar-refractivity contribution is 8.00. The molecule has 0 bridgehead atoms. The van der Waals surface area contributed by atoms with E-state index < -0.39 is 11.6 Å². The van der Waals surface area contributed by atoms with Gasteiger partial charge in [-0.05, 0) is 47.7 Å². The molecule has 0 aliphatic carbocycles. The zero-order chi connectivity index (χ0) is 19.4. The lowest BCUT2D eigenvalue weighted by Gasteiger charge is -2.13. The van der Waals surface area contributed by atoms with E-state index in [4.69, 9.17) is 4.74 Å². The molecule has 0 saturated carbocycles. The summed E-state index contributed by atoms with van der Waals surface area (Å²) in [6, 6.07) is 12.3. The van der Waals surface area contributed by atoms with Gasteiger partial charge in [-0.2, -0.15) is 13.2 Å². The highest BCUT2D eigenvalue weighted by atomic mass is 32.2. The van der Waals surface area contributed by atoms with Crippen molar-refractivity contribution >= 4 is 35.4 Å². The molecule has 1 aliphatic rings. The Labute approximate surface area is 157 Å². The number of anilines is 1. The standard InChI is InChI=1S/C19H14F3NO3S/c20-19(21,22)27-16-7-4-13(5-8-16)6-9-17(24)14-2-1-3-15(12-14)23-10-11-26-18(23)25/h1-9,12H,10-11H2/b9-6+. The molecule has 0 spiro atoms. The van der Waals surface area contributed by atoms with Crippen LogP contribution in [0, 0.1) is 0 Å². The lowest BCUT2D eigenvalue weighted by molar-refractivity contribution is -0.0328. The van der Waals surface area contributed by atoms with Crippen LogP contribution >= 0.6 is 11.8 Å². The van der Waals surface area contributed by atoms with Gasteiger partial charge in [0.15, 0.2) is 5.78 Å². The number of benzene rings is 2. The normalized spacial score (nSPS) is 14.6. The first kappa shape index (κ1) is 19.0. The van der Waals surface area contributed by atoms with Crippen LogP contribution in [-0.2, 0) is 4.74 Å². The molecule has 8 heteroatoms. The maximum absolute atomic E-state index is 12.3. The van der Waals surface area contributed by atoms with Crippen LogP contribution in [0.5, 0.6) is 0 Å². The fourth-order valence-corrected chi connectivity index (χ4v) is 3.04. The molecule has 0 atom stereocenters. The Kier molecular flexibility index (Phi) is 5.55. The minimum Gasteiger partial charge on any atom is -0.447 e. The molecule has 0 N–H and O–H groups in total. The zero-order valence-electron chi connectivity index (χ0n) is 13.9. The Bertz CT molecular complexity index is 879. The van der Waals surface area contributed by atoms with Crippen molar-refractivity contribution in [3.05, 3.63) is 65.7 Å². The first-order chi connectivity index (χ1) is 12.8. The first-order valence-electron chi connectivity index (χ1n) is 7.94. The number of alkyl halides is 3. The van der Waals surface area contributed by atoms with E-state index in [1.54, 1.807) is 24.3 Å². The van der Waals surface area contributed by atoms with Crippen molar-refractivity contribution in [2.24, 2.45) is 0 Å². The molecule has 1 fully saturated rings. The molecule has 140 valence electrons. The van der Waals surface area contributed by atoms with Crippen molar-refractivity contribution in [2.75, 3.05) is 18.1 Å². The molecule has 1 amide bonds. The minimum absolute atomic E-state index is 0.0798. The monoisotopic (exact) mass is 393 g/mol. The number of rotatable bonds is 5. The summed E-state index contributed by atoms with van der Waals surface area (Å²) >= 11 is -0.189. The number of hydrogen-bond acceptors (Lipinski definition) is 4. The van der Waals surface area contributed by atoms with E-state index in [1.807, 2.05) is 0 Å². The van der Waals surface area contributed by atoms with Crippen molar-refractivity contribution in [1.82, 2.24) is 0 Å². The smallest absolute Gasteiger partial charge is 0.446 e. The SMILES string of the molecule is O=C(/C=C/c1ccc(SC(F)(F)F)cc1)c1cccc(N2CCOC2=O)c1. The van der Waals surface area contributed by atoms with Gasteiger partial charge in [0.25, 0.3) is 0 Å². The van der Waals surface area contributed by atoms with Gasteiger partial charge in [0, 0.05) is 16.1 Å². The molecule has 2 aromatic rings. The average molecular weight is 393 g/mol. The molecule has 1 saturated heterocycles. The molecular weight excluding hydrogens is 379 g/mol. The highest BCUT2D eigenvalue weighted by Crippen LogP contribution is 2.36. The number of carbonyl (C=O) groups excluding carboxylic acids is 2.